The summed E-state index contributed by atoms with van der Waals surface area (Å²) in [6, 6.07) is 15.7. The number of methoxy groups -OCH3 is 1. The Morgan fingerprint density at radius 1 is 1.16 bits per heavy atom. The molecule has 3 aromatic rings. The number of furan rings is 1. The third-order valence-electron chi connectivity index (χ3n) is 6.41. The number of carbonyl (C=O) groups excluding carboxylic acids is 1. The van der Waals surface area contributed by atoms with Gasteiger partial charge >= 0.3 is 0 Å². The highest BCUT2D eigenvalue weighted by Crippen LogP contribution is 2.42. The number of benzene rings is 1. The highest BCUT2D eigenvalue weighted by atomic mass is 16.5. The van der Waals surface area contributed by atoms with E-state index in [1.165, 1.54) is 0 Å². The molecule has 1 amide bonds. The molecule has 5 rings (SSSR count). The molecule has 4 heterocycles. The number of morpholine rings is 1. The predicted molar refractivity (Wildman–Crippen MR) is 118 cm³/mol. The van der Waals surface area contributed by atoms with Crippen molar-refractivity contribution in [2.24, 2.45) is 0 Å². The summed E-state index contributed by atoms with van der Waals surface area (Å²) in [5.74, 6) is 1.62. The number of ether oxygens (including phenoxy) is 2. The summed E-state index contributed by atoms with van der Waals surface area (Å²) in [6.07, 6.45) is 5.28. The Hall–Kier alpha value is -3.16. The van der Waals surface area contributed by atoms with Crippen LogP contribution in [0.5, 0.6) is 5.75 Å². The molecule has 0 N–H and O–H groups in total. The normalized spacial score (nSPS) is 23.7. The first-order chi connectivity index (χ1) is 15.7. The fourth-order valence-electron chi connectivity index (χ4n) is 4.85. The van der Waals surface area contributed by atoms with Gasteiger partial charge in [0, 0.05) is 44.5 Å². The lowest BCUT2D eigenvalue weighted by Gasteiger charge is -2.42. The maximum absolute atomic E-state index is 13.9. The SMILES string of the molecule is COc1ccc(CN2CCOC3(CN(Cc4ccco4)CC3c3cccnc3)C2=O)cc1. The smallest absolute Gasteiger partial charge is 0.257 e. The van der Waals surface area contributed by atoms with Gasteiger partial charge < -0.3 is 18.8 Å². The molecule has 0 bridgehead atoms. The van der Waals surface area contributed by atoms with Crippen molar-refractivity contribution >= 4 is 5.91 Å². The van der Waals surface area contributed by atoms with E-state index in [0.717, 1.165) is 22.6 Å². The summed E-state index contributed by atoms with van der Waals surface area (Å²) >= 11 is 0. The monoisotopic (exact) mass is 433 g/mol. The van der Waals surface area contributed by atoms with Crippen LogP contribution in [0.4, 0.5) is 0 Å². The molecule has 2 aliphatic heterocycles. The van der Waals surface area contributed by atoms with E-state index in [1.54, 1.807) is 19.6 Å². The summed E-state index contributed by atoms with van der Waals surface area (Å²) in [6.45, 7) is 3.49. The number of aromatic nitrogens is 1. The second-order valence-electron chi connectivity index (χ2n) is 8.40. The first kappa shape index (κ1) is 20.7. The molecule has 2 saturated heterocycles. The Labute approximate surface area is 187 Å². The number of hydrogen-bond donors (Lipinski definition) is 0. The molecule has 2 aromatic heterocycles. The van der Waals surface area contributed by atoms with Crippen molar-refractivity contribution in [1.29, 1.82) is 0 Å². The van der Waals surface area contributed by atoms with E-state index in [-0.39, 0.29) is 11.8 Å². The van der Waals surface area contributed by atoms with Crippen molar-refractivity contribution in [3.63, 3.8) is 0 Å². The van der Waals surface area contributed by atoms with E-state index >= 15 is 0 Å². The molecular formula is C25H27N3O4. The Morgan fingerprint density at radius 2 is 2.03 bits per heavy atom. The fourth-order valence-corrected chi connectivity index (χ4v) is 4.85. The van der Waals surface area contributed by atoms with Gasteiger partial charge in [0.25, 0.3) is 5.91 Å². The molecule has 2 fully saturated rings. The van der Waals surface area contributed by atoms with Crippen LogP contribution < -0.4 is 4.74 Å². The van der Waals surface area contributed by atoms with Crippen LogP contribution in [0.2, 0.25) is 0 Å². The molecule has 32 heavy (non-hydrogen) atoms. The lowest BCUT2D eigenvalue weighted by atomic mass is 9.83. The van der Waals surface area contributed by atoms with E-state index in [1.807, 2.05) is 59.6 Å². The first-order valence-electron chi connectivity index (χ1n) is 10.9. The molecule has 2 unspecified atom stereocenters. The Balaban J connectivity index is 1.42. The molecule has 2 aliphatic rings. The van der Waals surface area contributed by atoms with Crippen LogP contribution in [-0.4, -0.2) is 59.6 Å². The lowest BCUT2D eigenvalue weighted by Crippen LogP contribution is -2.59. The maximum Gasteiger partial charge on any atom is 0.257 e. The number of amides is 1. The van der Waals surface area contributed by atoms with Crippen molar-refractivity contribution in [2.45, 2.75) is 24.6 Å². The minimum atomic E-state index is -0.930. The summed E-state index contributed by atoms with van der Waals surface area (Å²) in [4.78, 5) is 22.4. The van der Waals surface area contributed by atoms with E-state index in [2.05, 4.69) is 9.88 Å². The quantitative estimate of drug-likeness (QED) is 0.595. The molecule has 2 atom stereocenters. The van der Waals surface area contributed by atoms with Crippen molar-refractivity contribution in [2.75, 3.05) is 33.4 Å². The van der Waals surface area contributed by atoms with Gasteiger partial charge in [-0.2, -0.15) is 0 Å². The van der Waals surface area contributed by atoms with E-state index in [9.17, 15) is 4.79 Å². The standard InChI is InChI=1S/C25H27N3O4/c1-30-21-8-6-19(7-9-21)15-28-11-13-32-25(24(28)29)18-27(16-22-5-3-12-31-22)17-23(25)20-4-2-10-26-14-20/h2-10,12,14,23H,11,13,15-18H2,1H3. The second-order valence-corrected chi connectivity index (χ2v) is 8.40. The summed E-state index contributed by atoms with van der Waals surface area (Å²) in [5.41, 5.74) is 1.16. The third-order valence-corrected chi connectivity index (χ3v) is 6.41. The van der Waals surface area contributed by atoms with Crippen molar-refractivity contribution in [3.8, 4) is 5.75 Å². The Bertz CT molecular complexity index is 1040. The number of carbonyl (C=O) groups is 1. The Kier molecular flexibility index (Phi) is 5.68. The van der Waals surface area contributed by atoms with Crippen LogP contribution in [0.25, 0.3) is 0 Å². The van der Waals surface area contributed by atoms with Crippen molar-refractivity contribution in [3.05, 3.63) is 84.1 Å². The molecule has 7 nitrogen and oxygen atoms in total. The van der Waals surface area contributed by atoms with Crippen molar-refractivity contribution < 1.29 is 18.7 Å². The fraction of sp³-hybridized carbons (Fsp3) is 0.360. The van der Waals surface area contributed by atoms with Gasteiger partial charge in [-0.3, -0.25) is 14.7 Å². The maximum atomic E-state index is 13.9. The van der Waals surface area contributed by atoms with Crippen LogP contribution in [0, 0.1) is 0 Å². The minimum absolute atomic E-state index is 0.0374. The van der Waals surface area contributed by atoms with Gasteiger partial charge in [-0.15, -0.1) is 0 Å². The van der Waals surface area contributed by atoms with Gasteiger partial charge in [-0.1, -0.05) is 18.2 Å². The largest absolute Gasteiger partial charge is 0.497 e. The highest BCUT2D eigenvalue weighted by molar-refractivity contribution is 5.88. The minimum Gasteiger partial charge on any atom is -0.497 e. The molecule has 166 valence electrons. The number of likely N-dealkylation sites (tertiary alicyclic amines) is 1. The van der Waals surface area contributed by atoms with Gasteiger partial charge in [0.1, 0.15) is 11.5 Å². The van der Waals surface area contributed by atoms with E-state index < -0.39 is 5.60 Å². The molecule has 0 radical (unpaired) electrons. The highest BCUT2D eigenvalue weighted by Gasteiger charge is 2.57. The molecule has 1 aromatic carbocycles. The number of hydrogen-bond acceptors (Lipinski definition) is 6. The van der Waals surface area contributed by atoms with E-state index in [0.29, 0.717) is 39.3 Å². The lowest BCUT2D eigenvalue weighted by molar-refractivity contribution is -0.173. The summed E-state index contributed by atoms with van der Waals surface area (Å²) in [7, 11) is 1.65. The van der Waals surface area contributed by atoms with Crippen LogP contribution >= 0.6 is 0 Å². The average molecular weight is 434 g/mol. The molecule has 1 spiro atoms. The van der Waals surface area contributed by atoms with Crippen LogP contribution in [0.3, 0.4) is 0 Å². The topological polar surface area (TPSA) is 68.0 Å². The summed E-state index contributed by atoms with van der Waals surface area (Å²) in [5, 5.41) is 0. The second kappa shape index (κ2) is 8.76. The molecule has 0 saturated carbocycles. The first-order valence-corrected chi connectivity index (χ1v) is 10.9. The number of rotatable bonds is 6. The zero-order valence-corrected chi connectivity index (χ0v) is 18.1. The van der Waals surface area contributed by atoms with E-state index in [4.69, 9.17) is 13.9 Å². The number of pyridine rings is 1. The zero-order chi connectivity index (χ0) is 22.0. The van der Waals surface area contributed by atoms with Crippen LogP contribution in [0.1, 0.15) is 22.8 Å². The third kappa shape index (κ3) is 3.89. The van der Waals surface area contributed by atoms with Gasteiger partial charge in [-0.05, 0) is 41.5 Å². The zero-order valence-electron chi connectivity index (χ0n) is 18.1. The van der Waals surface area contributed by atoms with Gasteiger partial charge in [-0.25, -0.2) is 0 Å². The van der Waals surface area contributed by atoms with Gasteiger partial charge in [0.05, 0.1) is 26.5 Å². The Morgan fingerprint density at radius 3 is 2.75 bits per heavy atom. The van der Waals surface area contributed by atoms with Crippen molar-refractivity contribution in [1.82, 2.24) is 14.8 Å². The average Bonchev–Trinajstić information content (AvgIpc) is 3.47. The van der Waals surface area contributed by atoms with Crippen LogP contribution in [-0.2, 0) is 22.6 Å². The number of nitrogens with zero attached hydrogens (tertiary/aromatic N) is 3. The van der Waals surface area contributed by atoms with Gasteiger partial charge in [0.15, 0.2) is 5.60 Å². The molecule has 7 heteroatoms. The predicted octanol–water partition coefficient (Wildman–Crippen LogP) is 3.08. The van der Waals surface area contributed by atoms with Crippen LogP contribution in [0.15, 0.2) is 71.6 Å². The molecular weight excluding hydrogens is 406 g/mol. The molecule has 0 aliphatic carbocycles. The van der Waals surface area contributed by atoms with Gasteiger partial charge in [0.2, 0.25) is 0 Å². The summed E-state index contributed by atoms with van der Waals surface area (Å²) < 4.78 is 17.2.